The van der Waals surface area contributed by atoms with Crippen LogP contribution in [0.25, 0.3) is 0 Å². The highest BCUT2D eigenvalue weighted by Crippen LogP contribution is 2.36. The average Bonchev–Trinajstić information content (AvgIpc) is 3.00. The van der Waals surface area contributed by atoms with Crippen LogP contribution in [0.2, 0.25) is 0 Å². The van der Waals surface area contributed by atoms with Crippen LogP contribution in [0.15, 0.2) is 32.6 Å². The number of fused-ring (bicyclic) bond motifs is 1. The van der Waals surface area contributed by atoms with E-state index in [1.807, 2.05) is 11.8 Å². The lowest BCUT2D eigenvalue weighted by molar-refractivity contribution is 0.450. The third-order valence-electron chi connectivity index (χ3n) is 4.30. The van der Waals surface area contributed by atoms with Gasteiger partial charge in [0.05, 0.1) is 5.37 Å². The Balaban J connectivity index is 1.47. The van der Waals surface area contributed by atoms with Gasteiger partial charge in [-0.25, -0.2) is 0 Å². The van der Waals surface area contributed by atoms with Gasteiger partial charge < -0.3 is 10.6 Å². The van der Waals surface area contributed by atoms with Gasteiger partial charge in [-0.3, -0.25) is 0 Å². The van der Waals surface area contributed by atoms with Crippen LogP contribution in [0.4, 0.5) is 0 Å². The van der Waals surface area contributed by atoms with Crippen LogP contribution in [0, 0.1) is 0 Å². The molecule has 2 nitrogen and oxygen atoms in total. The summed E-state index contributed by atoms with van der Waals surface area (Å²) >= 11 is 9.24. The van der Waals surface area contributed by atoms with Crippen molar-refractivity contribution in [1.29, 1.82) is 0 Å². The molecule has 0 fully saturated rings. The summed E-state index contributed by atoms with van der Waals surface area (Å²) in [6.45, 7) is 2.17. The van der Waals surface area contributed by atoms with Crippen LogP contribution >= 0.6 is 43.6 Å². The maximum Gasteiger partial charge on any atom is 0.0608 e. The quantitative estimate of drug-likeness (QED) is 0.593. The molecule has 0 spiro atoms. The number of thioether (sulfide) groups is 1. The maximum absolute atomic E-state index is 3.75. The zero-order valence-corrected chi connectivity index (χ0v) is 16.6. The van der Waals surface area contributed by atoms with E-state index in [1.54, 1.807) is 0 Å². The van der Waals surface area contributed by atoms with E-state index >= 15 is 0 Å². The van der Waals surface area contributed by atoms with E-state index in [4.69, 9.17) is 0 Å². The molecule has 2 atom stereocenters. The van der Waals surface area contributed by atoms with Crippen molar-refractivity contribution in [2.24, 2.45) is 0 Å². The molecular formula is C17H22Br2N2S. The van der Waals surface area contributed by atoms with Crippen molar-refractivity contribution in [1.82, 2.24) is 10.6 Å². The van der Waals surface area contributed by atoms with Gasteiger partial charge in [0.1, 0.15) is 0 Å². The van der Waals surface area contributed by atoms with Crippen LogP contribution in [0.1, 0.15) is 42.9 Å². The van der Waals surface area contributed by atoms with Gasteiger partial charge in [0.15, 0.2) is 0 Å². The summed E-state index contributed by atoms with van der Waals surface area (Å²) in [5, 5.41) is 10.2. The third kappa shape index (κ3) is 4.38. The van der Waals surface area contributed by atoms with Gasteiger partial charge in [-0.2, -0.15) is 0 Å². The SMILES string of the molecule is Brc1cc(Br)c2c(c1)[C@H](NCCCNC1CC=CS1)CCC2. The first-order valence-corrected chi connectivity index (χ1v) is 10.5. The molecule has 1 heterocycles. The monoisotopic (exact) mass is 444 g/mol. The summed E-state index contributed by atoms with van der Waals surface area (Å²) in [5.74, 6) is 0. The van der Waals surface area contributed by atoms with Crippen molar-refractivity contribution >= 4 is 43.6 Å². The summed E-state index contributed by atoms with van der Waals surface area (Å²) in [6, 6.07) is 4.95. The minimum absolute atomic E-state index is 0.500. The molecule has 1 aromatic carbocycles. The van der Waals surface area contributed by atoms with E-state index < -0.39 is 0 Å². The Hall–Kier alpha value is 0.190. The van der Waals surface area contributed by atoms with Crippen molar-refractivity contribution in [3.63, 3.8) is 0 Å². The Morgan fingerprint density at radius 1 is 1.18 bits per heavy atom. The zero-order chi connectivity index (χ0) is 15.4. The van der Waals surface area contributed by atoms with E-state index in [0.29, 0.717) is 11.4 Å². The molecule has 0 bridgehead atoms. The highest BCUT2D eigenvalue weighted by molar-refractivity contribution is 9.11. The fourth-order valence-electron chi connectivity index (χ4n) is 3.19. The molecule has 2 aliphatic rings. The molecule has 0 amide bonds. The number of benzene rings is 1. The highest BCUT2D eigenvalue weighted by Gasteiger charge is 2.22. The van der Waals surface area contributed by atoms with Crippen LogP contribution in [0.3, 0.4) is 0 Å². The van der Waals surface area contributed by atoms with Gasteiger partial charge in [0.25, 0.3) is 0 Å². The Kier molecular flexibility index (Phi) is 6.45. The lowest BCUT2D eigenvalue weighted by Crippen LogP contribution is -2.30. The smallest absolute Gasteiger partial charge is 0.0608 e. The predicted octanol–water partition coefficient (Wildman–Crippen LogP) is 5.14. The standard InChI is InChI=1S/C17H22Br2N2S/c18-12-10-14-13(15(19)11-12)4-1-5-16(14)20-7-3-8-21-17-6-2-9-22-17/h2,9-11,16-17,20-21H,1,3-8H2/t16-,17?/m1/s1. The summed E-state index contributed by atoms with van der Waals surface area (Å²) < 4.78 is 2.41. The summed E-state index contributed by atoms with van der Waals surface area (Å²) in [4.78, 5) is 0. The molecule has 0 saturated heterocycles. The predicted molar refractivity (Wildman–Crippen MR) is 103 cm³/mol. The summed E-state index contributed by atoms with van der Waals surface area (Å²) in [6.07, 6.45) is 8.29. The molecule has 2 N–H and O–H groups in total. The molecule has 1 aromatic rings. The lowest BCUT2D eigenvalue weighted by atomic mass is 9.87. The summed E-state index contributed by atoms with van der Waals surface area (Å²) in [5.41, 5.74) is 2.95. The molecule has 1 unspecified atom stereocenters. The number of hydrogen-bond donors (Lipinski definition) is 2. The summed E-state index contributed by atoms with van der Waals surface area (Å²) in [7, 11) is 0. The first-order valence-electron chi connectivity index (χ1n) is 7.99. The second-order valence-electron chi connectivity index (χ2n) is 5.89. The minimum Gasteiger partial charge on any atom is -0.310 e. The fraction of sp³-hybridized carbons (Fsp3) is 0.529. The largest absolute Gasteiger partial charge is 0.310 e. The molecule has 0 radical (unpaired) electrons. The molecular weight excluding hydrogens is 424 g/mol. The van der Waals surface area contributed by atoms with Crippen LogP contribution in [0.5, 0.6) is 0 Å². The molecule has 120 valence electrons. The number of hydrogen-bond acceptors (Lipinski definition) is 3. The average molecular weight is 446 g/mol. The zero-order valence-electron chi connectivity index (χ0n) is 12.6. The molecule has 0 aromatic heterocycles. The van der Waals surface area contributed by atoms with Crippen molar-refractivity contribution < 1.29 is 0 Å². The maximum atomic E-state index is 3.75. The van der Waals surface area contributed by atoms with E-state index in [1.165, 1.54) is 45.8 Å². The topological polar surface area (TPSA) is 24.1 Å². The van der Waals surface area contributed by atoms with Crippen LogP contribution < -0.4 is 10.6 Å². The Morgan fingerprint density at radius 2 is 2.05 bits per heavy atom. The van der Waals surface area contributed by atoms with Crippen molar-refractivity contribution in [2.45, 2.75) is 43.5 Å². The van der Waals surface area contributed by atoms with Gasteiger partial charge in [-0.05, 0) is 73.9 Å². The Morgan fingerprint density at radius 3 is 2.86 bits per heavy atom. The number of halogens is 2. The molecule has 1 aliphatic heterocycles. The van der Waals surface area contributed by atoms with Crippen molar-refractivity contribution in [2.75, 3.05) is 13.1 Å². The van der Waals surface area contributed by atoms with Gasteiger partial charge in [-0.1, -0.05) is 37.9 Å². The van der Waals surface area contributed by atoms with Gasteiger partial charge in [0.2, 0.25) is 0 Å². The van der Waals surface area contributed by atoms with Gasteiger partial charge in [0, 0.05) is 15.0 Å². The Bertz CT molecular complexity index is 540. The normalized spacial score (nSPS) is 23.7. The third-order valence-corrected chi connectivity index (χ3v) is 6.50. The van der Waals surface area contributed by atoms with Gasteiger partial charge >= 0.3 is 0 Å². The van der Waals surface area contributed by atoms with Crippen molar-refractivity contribution in [3.05, 3.63) is 43.7 Å². The van der Waals surface area contributed by atoms with Crippen LogP contribution in [-0.4, -0.2) is 18.5 Å². The second-order valence-corrected chi connectivity index (χ2v) is 8.78. The lowest BCUT2D eigenvalue weighted by Gasteiger charge is -2.28. The van der Waals surface area contributed by atoms with Crippen molar-refractivity contribution in [3.8, 4) is 0 Å². The van der Waals surface area contributed by atoms with E-state index in [2.05, 4.69) is 66.1 Å². The van der Waals surface area contributed by atoms with E-state index in [9.17, 15) is 0 Å². The van der Waals surface area contributed by atoms with Crippen LogP contribution in [-0.2, 0) is 6.42 Å². The molecule has 22 heavy (non-hydrogen) atoms. The molecule has 5 heteroatoms. The molecule has 0 saturated carbocycles. The fourth-order valence-corrected chi connectivity index (χ4v) is 5.50. The number of nitrogens with one attached hydrogen (secondary N) is 2. The number of rotatable bonds is 6. The first kappa shape index (κ1) is 17.0. The Labute approximate surface area is 154 Å². The first-order chi connectivity index (χ1) is 10.7. The van der Waals surface area contributed by atoms with E-state index in [-0.39, 0.29) is 0 Å². The molecule has 1 aliphatic carbocycles. The van der Waals surface area contributed by atoms with Gasteiger partial charge in [-0.15, -0.1) is 11.8 Å². The second kappa shape index (κ2) is 8.34. The molecule has 3 rings (SSSR count). The highest BCUT2D eigenvalue weighted by atomic mass is 79.9. The minimum atomic E-state index is 0.500. The van der Waals surface area contributed by atoms with E-state index in [0.717, 1.165) is 19.5 Å².